The van der Waals surface area contributed by atoms with Crippen molar-refractivity contribution in [3.05, 3.63) is 34.2 Å². The van der Waals surface area contributed by atoms with Gasteiger partial charge in [0.1, 0.15) is 16.3 Å². The highest BCUT2D eigenvalue weighted by molar-refractivity contribution is 9.10. The highest BCUT2D eigenvalue weighted by Crippen LogP contribution is 2.24. The number of pyridine rings is 1. The van der Waals surface area contributed by atoms with Crippen LogP contribution in [0.2, 0.25) is 5.15 Å². The molecule has 6 nitrogen and oxygen atoms in total. The molecule has 0 saturated carbocycles. The maximum absolute atomic E-state index is 11.9. The van der Waals surface area contributed by atoms with Crippen molar-refractivity contribution in [1.29, 1.82) is 0 Å². The second kappa shape index (κ2) is 4.63. The van der Waals surface area contributed by atoms with E-state index in [4.69, 9.17) is 11.6 Å². The van der Waals surface area contributed by atoms with Crippen molar-refractivity contribution >= 4 is 43.4 Å². The monoisotopic (exact) mass is 337 g/mol. The number of hydrogen-bond donors (Lipinski definition) is 1. The number of hydrogen-bond acceptors (Lipinski definition) is 5. The lowest BCUT2D eigenvalue weighted by molar-refractivity contribution is 0.423. The van der Waals surface area contributed by atoms with Gasteiger partial charge in [0.2, 0.25) is 0 Å². The molecule has 2 aromatic heterocycles. The molecule has 0 amide bonds. The van der Waals surface area contributed by atoms with Crippen molar-refractivity contribution in [2.75, 3.05) is 4.72 Å². The molecule has 0 fully saturated rings. The Hall–Kier alpha value is -1.12. The lowest BCUT2D eigenvalue weighted by Gasteiger charge is -2.06. The van der Waals surface area contributed by atoms with Gasteiger partial charge < -0.3 is 4.52 Å². The normalized spacial score (nSPS) is 11.4. The van der Waals surface area contributed by atoms with Gasteiger partial charge >= 0.3 is 0 Å². The standard InChI is InChI=1S/C8H5BrClN3O3S/c9-5-3-6(8(10)11-4-5)17(14,15)13-7-1-2-16-12-7/h1-4H,(H,12,13). The van der Waals surface area contributed by atoms with Crippen LogP contribution in [0.5, 0.6) is 0 Å². The molecule has 9 heteroatoms. The average Bonchev–Trinajstić information content (AvgIpc) is 2.73. The van der Waals surface area contributed by atoms with Gasteiger partial charge in [-0.15, -0.1) is 0 Å². The zero-order chi connectivity index (χ0) is 12.5. The predicted molar refractivity (Wildman–Crippen MR) is 64.3 cm³/mol. The molecule has 0 spiro atoms. The van der Waals surface area contributed by atoms with Crippen molar-refractivity contribution < 1.29 is 12.9 Å². The summed E-state index contributed by atoms with van der Waals surface area (Å²) in [6.07, 6.45) is 2.65. The molecule has 17 heavy (non-hydrogen) atoms. The fourth-order valence-corrected chi connectivity index (χ4v) is 2.99. The molecule has 0 bridgehead atoms. The minimum Gasteiger partial charge on any atom is -0.363 e. The van der Waals surface area contributed by atoms with E-state index in [-0.39, 0.29) is 15.9 Å². The molecule has 2 heterocycles. The maximum Gasteiger partial charge on any atom is 0.266 e. The van der Waals surface area contributed by atoms with E-state index in [2.05, 4.69) is 35.3 Å². The summed E-state index contributed by atoms with van der Waals surface area (Å²) >= 11 is 8.85. The minimum absolute atomic E-state index is 0.0704. The van der Waals surface area contributed by atoms with E-state index in [1.165, 1.54) is 24.6 Å². The molecular formula is C8H5BrClN3O3S. The molecule has 2 rings (SSSR count). The topological polar surface area (TPSA) is 85.1 Å². The van der Waals surface area contributed by atoms with Crippen molar-refractivity contribution in [2.45, 2.75) is 4.90 Å². The zero-order valence-electron chi connectivity index (χ0n) is 8.09. The van der Waals surface area contributed by atoms with Crippen LogP contribution >= 0.6 is 27.5 Å². The molecule has 0 atom stereocenters. The average molecular weight is 339 g/mol. The van der Waals surface area contributed by atoms with Crippen LogP contribution < -0.4 is 4.72 Å². The van der Waals surface area contributed by atoms with E-state index in [0.717, 1.165) is 0 Å². The smallest absolute Gasteiger partial charge is 0.266 e. The van der Waals surface area contributed by atoms with Crippen LogP contribution in [0, 0.1) is 0 Å². The Morgan fingerprint density at radius 3 is 2.88 bits per heavy atom. The van der Waals surface area contributed by atoms with Gasteiger partial charge in [0.05, 0.1) is 0 Å². The first-order valence-electron chi connectivity index (χ1n) is 4.23. The van der Waals surface area contributed by atoms with Gasteiger partial charge in [-0.1, -0.05) is 16.8 Å². The summed E-state index contributed by atoms with van der Waals surface area (Å²) in [6, 6.07) is 2.72. The van der Waals surface area contributed by atoms with Crippen LogP contribution in [-0.4, -0.2) is 18.6 Å². The van der Waals surface area contributed by atoms with Gasteiger partial charge in [-0.3, -0.25) is 4.72 Å². The molecule has 0 radical (unpaired) electrons. The van der Waals surface area contributed by atoms with Crippen LogP contribution in [-0.2, 0) is 10.0 Å². The van der Waals surface area contributed by atoms with E-state index in [0.29, 0.717) is 4.47 Å². The molecule has 0 aromatic carbocycles. The molecule has 0 aliphatic rings. The Morgan fingerprint density at radius 1 is 1.47 bits per heavy atom. The lowest BCUT2D eigenvalue weighted by Crippen LogP contribution is -2.14. The number of halogens is 2. The maximum atomic E-state index is 11.9. The Balaban J connectivity index is 2.41. The van der Waals surface area contributed by atoms with Gasteiger partial charge in [-0.2, -0.15) is 0 Å². The first-order valence-corrected chi connectivity index (χ1v) is 6.89. The molecular weight excluding hydrogens is 334 g/mol. The third-order valence-electron chi connectivity index (χ3n) is 1.74. The summed E-state index contributed by atoms with van der Waals surface area (Å²) in [5, 5.41) is 3.32. The number of nitrogens with zero attached hydrogens (tertiary/aromatic N) is 2. The van der Waals surface area contributed by atoms with E-state index < -0.39 is 10.0 Å². The van der Waals surface area contributed by atoms with Crippen molar-refractivity contribution in [3.63, 3.8) is 0 Å². The largest absolute Gasteiger partial charge is 0.363 e. The highest BCUT2D eigenvalue weighted by atomic mass is 79.9. The van der Waals surface area contributed by atoms with Gasteiger partial charge in [0.25, 0.3) is 10.0 Å². The third-order valence-corrected chi connectivity index (χ3v) is 3.95. The lowest BCUT2D eigenvalue weighted by atomic mass is 10.5. The summed E-state index contributed by atoms with van der Waals surface area (Å²) in [5.74, 6) is 0.0704. The summed E-state index contributed by atoms with van der Waals surface area (Å²) < 4.78 is 31.1. The van der Waals surface area contributed by atoms with Gasteiger partial charge in [-0.05, 0) is 22.0 Å². The number of rotatable bonds is 3. The van der Waals surface area contributed by atoms with E-state index in [1.807, 2.05) is 0 Å². The second-order valence-corrected chi connectivity index (χ2v) is 5.86. The van der Waals surface area contributed by atoms with Crippen molar-refractivity contribution in [3.8, 4) is 0 Å². The quantitative estimate of drug-likeness (QED) is 0.868. The SMILES string of the molecule is O=S(=O)(Nc1ccon1)c1cc(Br)cnc1Cl. The second-order valence-electron chi connectivity index (χ2n) is 2.93. The Kier molecular flexibility index (Phi) is 3.36. The third kappa shape index (κ3) is 2.76. The van der Waals surface area contributed by atoms with E-state index in [1.54, 1.807) is 0 Å². The summed E-state index contributed by atoms with van der Waals surface area (Å²) in [5.41, 5.74) is 0. The summed E-state index contributed by atoms with van der Waals surface area (Å²) in [6.45, 7) is 0. The van der Waals surface area contributed by atoms with Gasteiger partial charge in [0, 0.05) is 16.7 Å². The highest BCUT2D eigenvalue weighted by Gasteiger charge is 2.20. The molecule has 0 saturated heterocycles. The number of aromatic nitrogens is 2. The first-order chi connectivity index (χ1) is 7.99. The van der Waals surface area contributed by atoms with Crippen LogP contribution in [0.25, 0.3) is 0 Å². The fourth-order valence-electron chi connectivity index (χ4n) is 1.05. The molecule has 0 unspecified atom stereocenters. The van der Waals surface area contributed by atoms with Crippen LogP contribution in [0.4, 0.5) is 5.82 Å². The van der Waals surface area contributed by atoms with E-state index >= 15 is 0 Å². The Bertz CT molecular complexity index is 629. The van der Waals surface area contributed by atoms with Crippen LogP contribution in [0.1, 0.15) is 0 Å². The van der Waals surface area contributed by atoms with Crippen molar-refractivity contribution in [2.24, 2.45) is 0 Å². The van der Waals surface area contributed by atoms with Crippen LogP contribution in [0.15, 0.2) is 38.5 Å². The first kappa shape index (κ1) is 12.3. The number of anilines is 1. The van der Waals surface area contributed by atoms with Gasteiger partial charge in [-0.25, -0.2) is 13.4 Å². The summed E-state index contributed by atoms with van der Waals surface area (Å²) in [7, 11) is -3.83. The van der Waals surface area contributed by atoms with Gasteiger partial charge in [0.15, 0.2) is 5.82 Å². The molecule has 0 aliphatic heterocycles. The summed E-state index contributed by atoms with van der Waals surface area (Å²) in [4.78, 5) is 3.59. The Morgan fingerprint density at radius 2 is 2.24 bits per heavy atom. The fraction of sp³-hybridized carbons (Fsp3) is 0. The molecule has 90 valence electrons. The minimum atomic E-state index is -3.83. The van der Waals surface area contributed by atoms with E-state index in [9.17, 15) is 8.42 Å². The van der Waals surface area contributed by atoms with Crippen LogP contribution in [0.3, 0.4) is 0 Å². The molecule has 2 aromatic rings. The number of sulfonamides is 1. The predicted octanol–water partition coefficient (Wildman–Crippen LogP) is 2.29. The Labute approximate surface area is 110 Å². The molecule has 1 N–H and O–H groups in total. The molecule has 0 aliphatic carbocycles. The van der Waals surface area contributed by atoms with Crippen molar-refractivity contribution in [1.82, 2.24) is 10.1 Å². The zero-order valence-corrected chi connectivity index (χ0v) is 11.3. The number of nitrogens with one attached hydrogen (secondary N) is 1.